The van der Waals surface area contributed by atoms with E-state index < -0.39 is 0 Å². The van der Waals surface area contributed by atoms with Crippen LogP contribution in [0.25, 0.3) is 110 Å². The summed E-state index contributed by atoms with van der Waals surface area (Å²) in [5.74, 6) is 1.94. The first-order valence-electron chi connectivity index (χ1n) is 18.4. The lowest BCUT2D eigenvalue weighted by atomic mass is 9.87. The first-order chi connectivity index (χ1) is 26.7. The maximum absolute atomic E-state index is 5.32. The molecule has 0 unspecified atom stereocenters. The van der Waals surface area contributed by atoms with Crippen molar-refractivity contribution in [1.29, 1.82) is 0 Å². The van der Waals surface area contributed by atoms with Crippen LogP contribution >= 0.6 is 0 Å². The zero-order valence-electron chi connectivity index (χ0n) is 29.2. The molecule has 0 saturated carbocycles. The molecule has 0 saturated heterocycles. The summed E-state index contributed by atoms with van der Waals surface area (Å²) in [6.07, 6.45) is 0. The van der Waals surface area contributed by atoms with Crippen molar-refractivity contribution in [3.63, 3.8) is 0 Å². The first-order valence-corrected chi connectivity index (χ1v) is 18.4. The van der Waals surface area contributed by atoms with E-state index in [1.54, 1.807) is 0 Å². The van der Waals surface area contributed by atoms with Gasteiger partial charge in [-0.3, -0.25) is 0 Å². The number of nitrogens with zero attached hydrogens (tertiary/aromatic N) is 3. The van der Waals surface area contributed by atoms with Crippen molar-refractivity contribution in [1.82, 2.24) is 15.0 Å². The smallest absolute Gasteiger partial charge is 0.165 e. The fourth-order valence-corrected chi connectivity index (χ4v) is 8.24. The highest BCUT2D eigenvalue weighted by molar-refractivity contribution is 6.22. The van der Waals surface area contributed by atoms with E-state index in [0.29, 0.717) is 17.5 Å². The van der Waals surface area contributed by atoms with E-state index in [2.05, 4.69) is 188 Å². The highest BCUT2D eigenvalue weighted by Gasteiger charge is 2.21. The molecule has 11 rings (SSSR count). The Morgan fingerprint density at radius 2 is 0.593 bits per heavy atom. The molecule has 1 heterocycles. The van der Waals surface area contributed by atoms with Gasteiger partial charge in [-0.1, -0.05) is 170 Å². The van der Waals surface area contributed by atoms with Crippen LogP contribution in [0.4, 0.5) is 0 Å². The third kappa shape index (κ3) is 4.94. The van der Waals surface area contributed by atoms with E-state index in [-0.39, 0.29) is 0 Å². The molecular weight excluding hydrogens is 655 g/mol. The number of hydrogen-bond acceptors (Lipinski definition) is 3. The number of hydrogen-bond donors (Lipinski definition) is 0. The highest BCUT2D eigenvalue weighted by atomic mass is 15.0. The summed E-state index contributed by atoms with van der Waals surface area (Å²) in [5.41, 5.74) is 5.30. The van der Waals surface area contributed by atoms with Crippen molar-refractivity contribution in [2.75, 3.05) is 0 Å². The summed E-state index contributed by atoms with van der Waals surface area (Å²) in [5, 5.41) is 14.2. The van der Waals surface area contributed by atoms with E-state index in [0.717, 1.165) is 49.0 Å². The Balaban J connectivity index is 1.20. The molecule has 0 N–H and O–H groups in total. The van der Waals surface area contributed by atoms with Crippen molar-refractivity contribution < 1.29 is 0 Å². The van der Waals surface area contributed by atoms with Crippen LogP contribution in [0.5, 0.6) is 0 Å². The molecule has 11 aromatic rings. The van der Waals surface area contributed by atoms with Gasteiger partial charge in [0.05, 0.1) is 0 Å². The summed E-state index contributed by atoms with van der Waals surface area (Å²) in [6.45, 7) is 0. The second kappa shape index (κ2) is 12.2. The molecule has 0 amide bonds. The SMILES string of the molecule is c1ccc2cc(-c3nc(-c4ccc5ccccc5c4)nc(-c4c5ccccc5c(-c5ccc6ccc7ccccc7c6c5)c5ccccc45)n3)ccc2c1. The van der Waals surface area contributed by atoms with Crippen molar-refractivity contribution in [3.8, 4) is 45.3 Å². The maximum Gasteiger partial charge on any atom is 0.165 e. The third-order valence-corrected chi connectivity index (χ3v) is 10.8. The van der Waals surface area contributed by atoms with Gasteiger partial charge in [-0.2, -0.15) is 0 Å². The van der Waals surface area contributed by atoms with E-state index in [1.807, 2.05) is 0 Å². The fraction of sp³-hybridized carbons (Fsp3) is 0. The van der Waals surface area contributed by atoms with Crippen molar-refractivity contribution in [3.05, 3.63) is 188 Å². The van der Waals surface area contributed by atoms with Crippen LogP contribution in [-0.4, -0.2) is 15.0 Å². The van der Waals surface area contributed by atoms with Gasteiger partial charge in [-0.05, 0) is 94.0 Å². The standard InChI is InChI=1S/C51H31N3/c1-3-14-36-29-39(27-21-32(36)11-1)49-52-50(40-28-22-33-12-2-4-15-37(33)30-40)54-51(53-49)48-44-19-9-7-17-42(44)47(43-18-8-10-20-45(43)48)38-26-25-35-24-23-34-13-5-6-16-41(34)46(35)31-38/h1-31H. The molecule has 0 radical (unpaired) electrons. The topological polar surface area (TPSA) is 38.7 Å². The van der Waals surface area contributed by atoms with E-state index in [1.165, 1.54) is 43.4 Å². The number of rotatable bonds is 4. The average Bonchev–Trinajstić information content (AvgIpc) is 3.24. The van der Waals surface area contributed by atoms with E-state index in [9.17, 15) is 0 Å². The molecule has 0 aliphatic carbocycles. The summed E-state index contributed by atoms with van der Waals surface area (Å²) in [7, 11) is 0. The van der Waals surface area contributed by atoms with E-state index in [4.69, 9.17) is 15.0 Å². The van der Waals surface area contributed by atoms with Gasteiger partial charge in [0.15, 0.2) is 17.5 Å². The summed E-state index contributed by atoms with van der Waals surface area (Å²) in [4.78, 5) is 15.8. The molecule has 3 heteroatoms. The van der Waals surface area contributed by atoms with Crippen LogP contribution in [0.1, 0.15) is 0 Å². The maximum atomic E-state index is 5.32. The molecule has 250 valence electrons. The molecule has 0 bridgehead atoms. The quantitative estimate of drug-likeness (QED) is 0.137. The van der Waals surface area contributed by atoms with Crippen LogP contribution in [0.3, 0.4) is 0 Å². The second-order valence-corrected chi connectivity index (χ2v) is 14.0. The highest BCUT2D eigenvalue weighted by Crippen LogP contribution is 2.44. The summed E-state index contributed by atoms with van der Waals surface area (Å²) >= 11 is 0. The van der Waals surface area contributed by atoms with Gasteiger partial charge in [0.1, 0.15) is 0 Å². The molecule has 54 heavy (non-hydrogen) atoms. The minimum Gasteiger partial charge on any atom is -0.208 e. The number of aromatic nitrogens is 3. The Morgan fingerprint density at radius 3 is 1.15 bits per heavy atom. The first kappa shape index (κ1) is 30.4. The Labute approximate surface area is 311 Å². The normalized spacial score (nSPS) is 11.7. The van der Waals surface area contributed by atoms with E-state index >= 15 is 0 Å². The minimum absolute atomic E-state index is 0.646. The lowest BCUT2D eigenvalue weighted by Crippen LogP contribution is -2.02. The van der Waals surface area contributed by atoms with Gasteiger partial charge >= 0.3 is 0 Å². The Hall–Kier alpha value is -7.23. The zero-order valence-corrected chi connectivity index (χ0v) is 29.2. The van der Waals surface area contributed by atoms with Crippen molar-refractivity contribution in [2.45, 2.75) is 0 Å². The molecule has 0 aliphatic heterocycles. The molecule has 3 nitrogen and oxygen atoms in total. The molecule has 10 aromatic carbocycles. The van der Waals surface area contributed by atoms with Crippen molar-refractivity contribution in [2.24, 2.45) is 0 Å². The molecule has 0 fully saturated rings. The molecule has 0 atom stereocenters. The van der Waals surface area contributed by atoms with Gasteiger partial charge in [0, 0.05) is 16.7 Å². The van der Waals surface area contributed by atoms with Crippen LogP contribution in [0.15, 0.2) is 188 Å². The number of fused-ring (bicyclic) bond motifs is 7. The van der Waals surface area contributed by atoms with Crippen LogP contribution in [0.2, 0.25) is 0 Å². The second-order valence-electron chi connectivity index (χ2n) is 14.0. The average molecular weight is 686 g/mol. The van der Waals surface area contributed by atoms with Gasteiger partial charge in [-0.25, -0.2) is 15.0 Å². The molecule has 0 spiro atoms. The molecule has 1 aromatic heterocycles. The summed E-state index contributed by atoms with van der Waals surface area (Å²) in [6, 6.07) is 67.1. The van der Waals surface area contributed by atoms with Gasteiger partial charge < -0.3 is 0 Å². The van der Waals surface area contributed by atoms with Gasteiger partial charge in [0.25, 0.3) is 0 Å². The monoisotopic (exact) mass is 685 g/mol. The Morgan fingerprint density at radius 1 is 0.222 bits per heavy atom. The third-order valence-electron chi connectivity index (χ3n) is 10.8. The van der Waals surface area contributed by atoms with Gasteiger partial charge in [0.2, 0.25) is 0 Å². The van der Waals surface area contributed by atoms with Crippen LogP contribution < -0.4 is 0 Å². The zero-order chi connectivity index (χ0) is 35.6. The lowest BCUT2D eigenvalue weighted by Gasteiger charge is -2.18. The van der Waals surface area contributed by atoms with Gasteiger partial charge in [-0.15, -0.1) is 0 Å². The lowest BCUT2D eigenvalue weighted by molar-refractivity contribution is 1.08. The predicted octanol–water partition coefficient (Wildman–Crippen LogP) is 13.5. The summed E-state index contributed by atoms with van der Waals surface area (Å²) < 4.78 is 0. The van der Waals surface area contributed by atoms with Crippen LogP contribution in [0, 0.1) is 0 Å². The Kier molecular flexibility index (Phi) is 6.86. The molecule has 0 aliphatic rings. The number of benzene rings is 10. The molecular formula is C51H31N3. The Bertz CT molecular complexity index is 3140. The predicted molar refractivity (Wildman–Crippen MR) is 227 cm³/mol. The van der Waals surface area contributed by atoms with Crippen molar-refractivity contribution >= 4 is 64.6 Å². The largest absolute Gasteiger partial charge is 0.208 e. The minimum atomic E-state index is 0.646. The fourth-order valence-electron chi connectivity index (χ4n) is 8.24. The van der Waals surface area contributed by atoms with Crippen LogP contribution in [-0.2, 0) is 0 Å².